The summed E-state index contributed by atoms with van der Waals surface area (Å²) < 4.78 is 40.0. The highest BCUT2D eigenvalue weighted by atomic mass is 32.2. The number of rotatable bonds is 4. The second kappa shape index (κ2) is 8.85. The molecule has 0 bridgehead atoms. The lowest BCUT2D eigenvalue weighted by Crippen LogP contribution is -2.53. The van der Waals surface area contributed by atoms with E-state index in [9.17, 15) is 13.2 Å². The highest BCUT2D eigenvalue weighted by Gasteiger charge is 2.44. The van der Waals surface area contributed by atoms with E-state index in [0.29, 0.717) is 44.5 Å². The third kappa shape index (κ3) is 4.36. The summed E-state index contributed by atoms with van der Waals surface area (Å²) in [6, 6.07) is 6.97. The number of hydrogen-bond acceptors (Lipinski definition) is 5. The second-order valence-electron chi connectivity index (χ2n) is 9.00. The standard InChI is InChI=1S/C22H32N2O5S/c1-28-15-21(25)23-12-10-22(11-13-23)16-24(14-18-6-2-3-7-18)30(26,27)20-9-5-4-8-19(20)29-17-22/h4-5,8-9,18H,2-3,6-7,10-17H2,1H3. The maximum Gasteiger partial charge on any atom is 0.248 e. The predicted molar refractivity (Wildman–Crippen MR) is 113 cm³/mol. The van der Waals surface area contributed by atoms with Gasteiger partial charge in [0, 0.05) is 38.7 Å². The van der Waals surface area contributed by atoms with Crippen molar-refractivity contribution >= 4 is 15.9 Å². The van der Waals surface area contributed by atoms with Gasteiger partial charge in [-0.3, -0.25) is 4.79 Å². The van der Waals surface area contributed by atoms with Crippen LogP contribution in [0.4, 0.5) is 0 Å². The highest BCUT2D eigenvalue weighted by Crippen LogP contribution is 2.40. The zero-order chi connectivity index (χ0) is 21.2. The summed E-state index contributed by atoms with van der Waals surface area (Å²) in [6.07, 6.45) is 6.00. The number of para-hydroxylation sites is 1. The topological polar surface area (TPSA) is 76.1 Å². The average Bonchev–Trinajstić information content (AvgIpc) is 3.25. The number of carbonyl (C=O) groups is 1. The van der Waals surface area contributed by atoms with E-state index in [4.69, 9.17) is 9.47 Å². The van der Waals surface area contributed by atoms with Crippen molar-refractivity contribution in [1.29, 1.82) is 0 Å². The number of nitrogens with zero attached hydrogens (tertiary/aromatic N) is 2. The summed E-state index contributed by atoms with van der Waals surface area (Å²) >= 11 is 0. The van der Waals surface area contributed by atoms with Crippen LogP contribution in [0.2, 0.25) is 0 Å². The zero-order valence-electron chi connectivity index (χ0n) is 17.7. The lowest BCUT2D eigenvalue weighted by molar-refractivity contribution is -0.138. The monoisotopic (exact) mass is 436 g/mol. The number of methoxy groups -OCH3 is 1. The number of fused-ring (bicyclic) bond motifs is 1. The lowest BCUT2D eigenvalue weighted by atomic mass is 9.78. The Morgan fingerprint density at radius 2 is 1.90 bits per heavy atom. The third-order valence-corrected chi connectivity index (χ3v) is 8.74. The van der Waals surface area contributed by atoms with Gasteiger partial charge >= 0.3 is 0 Å². The van der Waals surface area contributed by atoms with Crippen molar-refractivity contribution < 1.29 is 22.7 Å². The van der Waals surface area contributed by atoms with Crippen molar-refractivity contribution in [2.24, 2.45) is 11.3 Å². The molecular weight excluding hydrogens is 404 g/mol. The number of likely N-dealkylation sites (tertiary alicyclic amines) is 1. The third-order valence-electron chi connectivity index (χ3n) is 6.89. The van der Waals surface area contributed by atoms with Gasteiger partial charge in [0.25, 0.3) is 0 Å². The van der Waals surface area contributed by atoms with E-state index in [0.717, 1.165) is 25.7 Å². The molecule has 0 N–H and O–H groups in total. The molecule has 0 unspecified atom stereocenters. The molecule has 2 aliphatic heterocycles. The number of sulfonamides is 1. The maximum atomic E-state index is 13.6. The summed E-state index contributed by atoms with van der Waals surface area (Å²) in [5.41, 5.74) is -0.289. The molecule has 0 aromatic heterocycles. The van der Waals surface area contributed by atoms with Gasteiger partial charge in [-0.2, -0.15) is 4.31 Å². The van der Waals surface area contributed by atoms with E-state index in [1.54, 1.807) is 22.5 Å². The molecule has 0 atom stereocenters. The molecule has 1 spiro atoms. The molecule has 30 heavy (non-hydrogen) atoms. The first-order valence-electron chi connectivity index (χ1n) is 10.9. The van der Waals surface area contributed by atoms with Crippen molar-refractivity contribution in [3.05, 3.63) is 24.3 Å². The van der Waals surface area contributed by atoms with Crippen LogP contribution in [0.15, 0.2) is 29.2 Å². The first-order valence-corrected chi connectivity index (χ1v) is 12.4. The molecule has 7 nitrogen and oxygen atoms in total. The van der Waals surface area contributed by atoms with Crippen LogP contribution in [0.5, 0.6) is 5.75 Å². The summed E-state index contributed by atoms with van der Waals surface area (Å²) in [5.74, 6) is 0.846. The Labute approximate surface area is 179 Å². The largest absolute Gasteiger partial charge is 0.492 e. The van der Waals surface area contributed by atoms with Crippen LogP contribution >= 0.6 is 0 Å². The van der Waals surface area contributed by atoms with Crippen molar-refractivity contribution in [3.8, 4) is 5.75 Å². The van der Waals surface area contributed by atoms with E-state index < -0.39 is 10.0 Å². The minimum atomic E-state index is -3.64. The Balaban J connectivity index is 1.60. The van der Waals surface area contributed by atoms with E-state index in [2.05, 4.69) is 0 Å². The summed E-state index contributed by atoms with van der Waals surface area (Å²) in [4.78, 5) is 14.3. The van der Waals surface area contributed by atoms with Crippen LogP contribution in [-0.2, 0) is 19.6 Å². The molecule has 1 saturated carbocycles. The molecular formula is C22H32N2O5S. The maximum absolute atomic E-state index is 13.6. The van der Waals surface area contributed by atoms with Gasteiger partial charge < -0.3 is 14.4 Å². The van der Waals surface area contributed by atoms with E-state index in [-0.39, 0.29) is 22.8 Å². The Kier molecular flexibility index (Phi) is 6.36. The molecule has 166 valence electrons. The van der Waals surface area contributed by atoms with Gasteiger partial charge in [0.15, 0.2) is 0 Å². The van der Waals surface area contributed by atoms with Crippen molar-refractivity contribution in [2.75, 3.05) is 46.5 Å². The SMILES string of the molecule is COCC(=O)N1CCC2(CC1)COc1ccccc1S(=O)(=O)N(CC1CCCC1)C2. The van der Waals surface area contributed by atoms with Gasteiger partial charge in [-0.05, 0) is 43.7 Å². The van der Waals surface area contributed by atoms with Crippen molar-refractivity contribution in [1.82, 2.24) is 9.21 Å². The van der Waals surface area contributed by atoms with Crippen molar-refractivity contribution in [3.63, 3.8) is 0 Å². The van der Waals surface area contributed by atoms with E-state index >= 15 is 0 Å². The smallest absolute Gasteiger partial charge is 0.248 e. The lowest BCUT2D eigenvalue weighted by Gasteiger charge is -2.45. The van der Waals surface area contributed by atoms with Crippen LogP contribution in [0.25, 0.3) is 0 Å². The van der Waals surface area contributed by atoms with Crippen LogP contribution in [-0.4, -0.2) is 70.0 Å². The van der Waals surface area contributed by atoms with Crippen LogP contribution in [0, 0.1) is 11.3 Å². The number of carbonyl (C=O) groups excluding carboxylic acids is 1. The molecule has 1 amide bonds. The fraction of sp³-hybridized carbons (Fsp3) is 0.682. The molecule has 1 aromatic rings. The number of piperidine rings is 1. The van der Waals surface area contributed by atoms with Crippen molar-refractivity contribution in [2.45, 2.75) is 43.4 Å². The minimum absolute atomic E-state index is 0.0140. The van der Waals surface area contributed by atoms with Gasteiger partial charge in [-0.1, -0.05) is 25.0 Å². The predicted octanol–water partition coefficient (Wildman–Crippen LogP) is 2.52. The molecule has 1 aliphatic carbocycles. The van der Waals surface area contributed by atoms with Crippen LogP contribution in [0.1, 0.15) is 38.5 Å². The summed E-state index contributed by atoms with van der Waals surface area (Å²) in [5, 5.41) is 0. The molecule has 8 heteroatoms. The summed E-state index contributed by atoms with van der Waals surface area (Å²) in [7, 11) is -2.11. The van der Waals surface area contributed by atoms with Gasteiger partial charge in [0.1, 0.15) is 17.3 Å². The normalized spacial score (nSPS) is 24.1. The van der Waals surface area contributed by atoms with Crippen LogP contribution < -0.4 is 4.74 Å². The zero-order valence-corrected chi connectivity index (χ0v) is 18.5. The van der Waals surface area contributed by atoms with Gasteiger partial charge in [0.05, 0.1) is 6.61 Å². The Morgan fingerprint density at radius 1 is 1.20 bits per heavy atom. The fourth-order valence-corrected chi connectivity index (χ4v) is 6.81. The molecule has 1 saturated heterocycles. The molecule has 2 fully saturated rings. The number of benzene rings is 1. The molecule has 1 aromatic carbocycles. The van der Waals surface area contributed by atoms with Gasteiger partial charge in [-0.15, -0.1) is 0 Å². The average molecular weight is 437 g/mol. The van der Waals surface area contributed by atoms with Gasteiger partial charge in [0.2, 0.25) is 15.9 Å². The minimum Gasteiger partial charge on any atom is -0.492 e. The van der Waals surface area contributed by atoms with E-state index in [1.165, 1.54) is 20.0 Å². The Bertz CT molecular complexity index is 858. The van der Waals surface area contributed by atoms with Gasteiger partial charge in [-0.25, -0.2) is 8.42 Å². The highest BCUT2D eigenvalue weighted by molar-refractivity contribution is 7.89. The molecule has 4 rings (SSSR count). The molecule has 0 radical (unpaired) electrons. The number of amides is 1. The quantitative estimate of drug-likeness (QED) is 0.725. The van der Waals surface area contributed by atoms with Crippen LogP contribution in [0.3, 0.4) is 0 Å². The first-order chi connectivity index (χ1) is 14.4. The fourth-order valence-electron chi connectivity index (χ4n) is 5.05. The van der Waals surface area contributed by atoms with E-state index in [1.807, 2.05) is 11.0 Å². The Hall–Kier alpha value is -1.64. The number of hydrogen-bond donors (Lipinski definition) is 0. The second-order valence-corrected chi connectivity index (χ2v) is 10.9. The molecule has 3 aliphatic rings. The Morgan fingerprint density at radius 3 is 2.60 bits per heavy atom. The summed E-state index contributed by atoms with van der Waals surface area (Å²) in [6.45, 7) is 2.78. The number of ether oxygens (including phenoxy) is 2. The first kappa shape index (κ1) is 21.6. The molecule has 2 heterocycles.